The highest BCUT2D eigenvalue weighted by molar-refractivity contribution is 5.65. The minimum Gasteiger partial charge on any atom is -0.290 e. The number of nitrogens with one attached hydrogen (secondary N) is 1. The highest BCUT2D eigenvalue weighted by Crippen LogP contribution is 2.12. The van der Waals surface area contributed by atoms with Crippen LogP contribution in [-0.4, -0.2) is 20.6 Å². The van der Waals surface area contributed by atoms with Gasteiger partial charge in [-0.1, -0.05) is 27.7 Å². The van der Waals surface area contributed by atoms with E-state index >= 15 is 0 Å². The SMILES string of the molecule is CC.Cc1c(N=CC(C)C)c(=O)[nH]c2nccn12. The lowest BCUT2D eigenvalue weighted by molar-refractivity contribution is 0.905. The van der Waals surface area contributed by atoms with E-state index in [-0.39, 0.29) is 5.56 Å². The molecule has 2 rings (SSSR count). The van der Waals surface area contributed by atoms with Crippen molar-refractivity contribution in [2.45, 2.75) is 34.6 Å². The zero-order valence-electron chi connectivity index (χ0n) is 11.6. The summed E-state index contributed by atoms with van der Waals surface area (Å²) >= 11 is 0. The van der Waals surface area contributed by atoms with Gasteiger partial charge in [-0.25, -0.2) is 4.98 Å². The molecule has 5 nitrogen and oxygen atoms in total. The summed E-state index contributed by atoms with van der Waals surface area (Å²) in [6, 6.07) is 0. The molecule has 18 heavy (non-hydrogen) atoms. The molecule has 0 aliphatic rings. The number of aliphatic imine (C=N–C) groups is 1. The van der Waals surface area contributed by atoms with Crippen molar-refractivity contribution in [2.75, 3.05) is 0 Å². The lowest BCUT2D eigenvalue weighted by Gasteiger charge is -2.03. The van der Waals surface area contributed by atoms with Gasteiger partial charge >= 0.3 is 0 Å². The summed E-state index contributed by atoms with van der Waals surface area (Å²) < 4.78 is 1.81. The summed E-state index contributed by atoms with van der Waals surface area (Å²) in [7, 11) is 0. The lowest BCUT2D eigenvalue weighted by atomic mass is 10.2. The van der Waals surface area contributed by atoms with E-state index in [9.17, 15) is 4.79 Å². The molecule has 0 amide bonds. The van der Waals surface area contributed by atoms with Gasteiger partial charge in [0.25, 0.3) is 5.56 Å². The zero-order chi connectivity index (χ0) is 13.7. The molecule has 0 fully saturated rings. The van der Waals surface area contributed by atoms with E-state index in [1.165, 1.54) is 0 Å². The molecule has 2 heterocycles. The Bertz CT molecular complexity index is 593. The number of imidazole rings is 1. The number of hydrogen-bond donors (Lipinski definition) is 1. The lowest BCUT2D eigenvalue weighted by Crippen LogP contribution is -2.11. The highest BCUT2D eigenvalue weighted by Gasteiger charge is 2.07. The summed E-state index contributed by atoms with van der Waals surface area (Å²) in [5, 5.41) is 0. The monoisotopic (exact) mass is 248 g/mol. The maximum absolute atomic E-state index is 11.7. The minimum atomic E-state index is -0.201. The number of aromatic amines is 1. The van der Waals surface area contributed by atoms with E-state index < -0.39 is 0 Å². The van der Waals surface area contributed by atoms with Crippen molar-refractivity contribution >= 4 is 17.7 Å². The number of aryl methyl sites for hydroxylation is 1. The molecule has 0 bridgehead atoms. The van der Waals surface area contributed by atoms with E-state index in [0.717, 1.165) is 5.69 Å². The number of nitrogens with zero attached hydrogens (tertiary/aromatic N) is 3. The largest absolute Gasteiger partial charge is 0.290 e. The van der Waals surface area contributed by atoms with Gasteiger partial charge in [-0.2, -0.15) is 0 Å². The standard InChI is InChI=1S/C11H14N4O.C2H6/c1-7(2)6-13-9-8(3)15-5-4-12-11(15)14-10(9)16;1-2/h4-7H,1-3H3,(H,12,14,16);1-2H3. The van der Waals surface area contributed by atoms with Crippen molar-refractivity contribution in [2.24, 2.45) is 10.9 Å². The Kier molecular flexibility index (Phi) is 4.83. The van der Waals surface area contributed by atoms with E-state index in [0.29, 0.717) is 17.4 Å². The first kappa shape index (κ1) is 14.2. The third kappa shape index (κ3) is 2.85. The van der Waals surface area contributed by atoms with Crippen LogP contribution in [0.1, 0.15) is 33.4 Å². The Labute approximate surface area is 107 Å². The van der Waals surface area contributed by atoms with Gasteiger partial charge in [-0.05, 0) is 12.8 Å². The second-order valence-corrected chi connectivity index (χ2v) is 4.03. The molecule has 0 radical (unpaired) electrons. The maximum atomic E-state index is 11.7. The van der Waals surface area contributed by atoms with Crippen molar-refractivity contribution in [3.8, 4) is 0 Å². The molecule has 0 unspecified atom stereocenters. The first-order chi connectivity index (χ1) is 8.59. The molecule has 0 atom stereocenters. The fraction of sp³-hybridized carbons (Fsp3) is 0.462. The number of rotatable bonds is 2. The van der Waals surface area contributed by atoms with Gasteiger partial charge in [0.2, 0.25) is 5.78 Å². The van der Waals surface area contributed by atoms with E-state index in [4.69, 9.17) is 0 Å². The molecule has 0 saturated carbocycles. The van der Waals surface area contributed by atoms with Gasteiger partial charge < -0.3 is 0 Å². The number of fused-ring (bicyclic) bond motifs is 1. The van der Waals surface area contributed by atoms with E-state index in [2.05, 4.69) is 15.0 Å². The Balaban J connectivity index is 0.000000771. The first-order valence-electron chi connectivity index (χ1n) is 6.19. The second kappa shape index (κ2) is 6.14. The quantitative estimate of drug-likeness (QED) is 0.830. The smallest absolute Gasteiger partial charge is 0.278 e. The van der Waals surface area contributed by atoms with Gasteiger partial charge in [0.05, 0.1) is 5.69 Å². The van der Waals surface area contributed by atoms with Crippen LogP contribution in [0.15, 0.2) is 22.2 Å². The van der Waals surface area contributed by atoms with Crippen molar-refractivity contribution in [3.05, 3.63) is 28.4 Å². The Hall–Kier alpha value is -1.91. The molecule has 0 aliphatic heterocycles. The molecule has 5 heteroatoms. The van der Waals surface area contributed by atoms with Crippen LogP contribution < -0.4 is 5.56 Å². The molecule has 0 spiro atoms. The van der Waals surface area contributed by atoms with Gasteiger partial charge in [0, 0.05) is 18.6 Å². The van der Waals surface area contributed by atoms with Crippen molar-refractivity contribution < 1.29 is 0 Å². The Morgan fingerprint density at radius 1 is 1.44 bits per heavy atom. The average Bonchev–Trinajstić information content (AvgIpc) is 2.79. The van der Waals surface area contributed by atoms with E-state index in [1.807, 2.05) is 39.0 Å². The van der Waals surface area contributed by atoms with Crippen LogP contribution in [-0.2, 0) is 0 Å². The molecule has 2 aromatic heterocycles. The number of aromatic nitrogens is 3. The van der Waals surface area contributed by atoms with Crippen molar-refractivity contribution in [1.29, 1.82) is 0 Å². The molecule has 98 valence electrons. The molecular weight excluding hydrogens is 228 g/mol. The summed E-state index contributed by atoms with van der Waals surface area (Å²) in [6.45, 7) is 9.89. The van der Waals surface area contributed by atoms with Gasteiger partial charge in [-0.3, -0.25) is 19.2 Å². The topological polar surface area (TPSA) is 62.5 Å². The minimum absolute atomic E-state index is 0.201. The number of hydrogen-bond acceptors (Lipinski definition) is 3. The van der Waals surface area contributed by atoms with Crippen LogP contribution in [0.5, 0.6) is 0 Å². The van der Waals surface area contributed by atoms with Gasteiger partial charge in [0.15, 0.2) is 0 Å². The fourth-order valence-corrected chi connectivity index (χ4v) is 1.48. The van der Waals surface area contributed by atoms with Crippen LogP contribution in [0.3, 0.4) is 0 Å². The molecule has 1 N–H and O–H groups in total. The van der Waals surface area contributed by atoms with Crippen LogP contribution in [0, 0.1) is 12.8 Å². The summed E-state index contributed by atoms with van der Waals surface area (Å²) in [5.74, 6) is 0.864. The Morgan fingerprint density at radius 2 is 2.11 bits per heavy atom. The van der Waals surface area contributed by atoms with Crippen LogP contribution in [0.4, 0.5) is 5.69 Å². The van der Waals surface area contributed by atoms with Gasteiger partial charge in [-0.15, -0.1) is 0 Å². The van der Waals surface area contributed by atoms with Gasteiger partial charge in [0.1, 0.15) is 5.69 Å². The molecule has 0 aromatic carbocycles. The maximum Gasteiger partial charge on any atom is 0.278 e. The first-order valence-corrected chi connectivity index (χ1v) is 6.19. The summed E-state index contributed by atoms with van der Waals surface area (Å²) in [6.07, 6.45) is 5.21. The summed E-state index contributed by atoms with van der Waals surface area (Å²) in [4.78, 5) is 22.7. The molecular formula is C13H20N4O. The van der Waals surface area contributed by atoms with Crippen LogP contribution in [0.25, 0.3) is 5.78 Å². The zero-order valence-corrected chi connectivity index (χ0v) is 11.6. The third-order valence-corrected chi connectivity index (χ3v) is 2.29. The molecule has 2 aromatic rings. The predicted octanol–water partition coefficient (Wildman–Crippen LogP) is 2.72. The van der Waals surface area contributed by atoms with Crippen LogP contribution in [0.2, 0.25) is 0 Å². The molecule has 0 aliphatic carbocycles. The van der Waals surface area contributed by atoms with E-state index in [1.54, 1.807) is 18.6 Å². The predicted molar refractivity (Wildman–Crippen MR) is 74.9 cm³/mol. The fourth-order valence-electron chi connectivity index (χ4n) is 1.48. The third-order valence-electron chi connectivity index (χ3n) is 2.29. The highest BCUT2D eigenvalue weighted by atomic mass is 16.1. The van der Waals surface area contributed by atoms with Crippen molar-refractivity contribution in [3.63, 3.8) is 0 Å². The molecule has 0 saturated heterocycles. The normalized spacial score (nSPS) is 11.0. The number of H-pyrrole nitrogens is 1. The van der Waals surface area contributed by atoms with Crippen molar-refractivity contribution in [1.82, 2.24) is 14.4 Å². The summed E-state index contributed by atoms with van der Waals surface area (Å²) in [5.41, 5.74) is 1.04. The second-order valence-electron chi connectivity index (χ2n) is 4.03. The average molecular weight is 248 g/mol. The Morgan fingerprint density at radius 3 is 2.72 bits per heavy atom. The van der Waals surface area contributed by atoms with Crippen LogP contribution >= 0.6 is 0 Å².